The van der Waals surface area contributed by atoms with Gasteiger partial charge in [0.1, 0.15) is 0 Å². The SMILES string of the molecule is c1ccc(-c2cc3c4c(c2)N2c5ccccc5Sc5cccc(c52)B4n2c4ccc(C56CC7CC(CC(C7)C5)C6)cc4c4cc(C56CC7CC(CC(C7)C5)C6)cc-3c42)cc1. The lowest BCUT2D eigenvalue weighted by Gasteiger charge is -2.57. The summed E-state index contributed by atoms with van der Waals surface area (Å²) in [7, 11) is 0. The van der Waals surface area contributed by atoms with Gasteiger partial charge in [0.05, 0.1) is 11.4 Å². The number of hydrogen-bond donors (Lipinski definition) is 0. The van der Waals surface area contributed by atoms with E-state index in [1.165, 1.54) is 159 Å². The highest BCUT2D eigenvalue weighted by molar-refractivity contribution is 7.99. The first-order chi connectivity index (χ1) is 29.5. The number of hydrogen-bond acceptors (Lipinski definition) is 2. The van der Waals surface area contributed by atoms with Crippen LogP contribution in [0.5, 0.6) is 0 Å². The molecule has 60 heavy (non-hydrogen) atoms. The number of anilines is 3. The lowest BCUT2D eigenvalue weighted by atomic mass is 9.44. The molecule has 2 nitrogen and oxygen atoms in total. The molecule has 292 valence electrons. The minimum Gasteiger partial charge on any atom is -0.375 e. The van der Waals surface area contributed by atoms with E-state index in [1.54, 1.807) is 11.1 Å². The van der Waals surface area contributed by atoms with Crippen molar-refractivity contribution in [2.75, 3.05) is 4.90 Å². The molecule has 18 rings (SSSR count). The predicted octanol–water partition coefficient (Wildman–Crippen LogP) is 13.3. The topological polar surface area (TPSA) is 8.17 Å². The number of benzene rings is 6. The van der Waals surface area contributed by atoms with Crippen LogP contribution in [0.15, 0.2) is 125 Å². The average Bonchev–Trinajstić information content (AvgIpc) is 3.59. The van der Waals surface area contributed by atoms with Gasteiger partial charge >= 0.3 is 6.85 Å². The first-order valence-corrected chi connectivity index (χ1v) is 24.4. The molecule has 0 spiro atoms. The summed E-state index contributed by atoms with van der Waals surface area (Å²) < 4.78 is 2.86. The first-order valence-electron chi connectivity index (χ1n) is 23.6. The lowest BCUT2D eigenvalue weighted by Crippen LogP contribution is -2.57. The van der Waals surface area contributed by atoms with Crippen LogP contribution in [0.25, 0.3) is 44.1 Å². The van der Waals surface area contributed by atoms with E-state index in [4.69, 9.17) is 0 Å². The number of nitrogens with zero attached hydrogens (tertiary/aromatic N) is 2. The molecule has 8 aliphatic carbocycles. The van der Waals surface area contributed by atoms with Crippen LogP contribution in [-0.2, 0) is 10.8 Å². The molecular formula is C56H49BN2S. The monoisotopic (exact) mass is 792 g/mol. The van der Waals surface area contributed by atoms with Crippen molar-refractivity contribution in [2.24, 2.45) is 35.5 Å². The predicted molar refractivity (Wildman–Crippen MR) is 249 cm³/mol. The maximum Gasteiger partial charge on any atom is 0.333 e. The molecule has 4 heterocycles. The summed E-state index contributed by atoms with van der Waals surface area (Å²) >= 11 is 1.95. The number of aromatic nitrogens is 1. The summed E-state index contributed by atoms with van der Waals surface area (Å²) in [5.41, 5.74) is 19.4. The Labute approximate surface area is 357 Å². The van der Waals surface area contributed by atoms with Crippen LogP contribution < -0.4 is 15.8 Å². The van der Waals surface area contributed by atoms with E-state index in [-0.39, 0.29) is 6.85 Å². The van der Waals surface area contributed by atoms with Crippen molar-refractivity contribution in [3.8, 4) is 22.3 Å². The highest BCUT2D eigenvalue weighted by atomic mass is 32.2. The van der Waals surface area contributed by atoms with Crippen LogP contribution in [0.1, 0.15) is 88.2 Å². The fraction of sp³-hybridized carbons (Fsp3) is 0.357. The Morgan fingerprint density at radius 2 is 1.13 bits per heavy atom. The third-order valence-corrected chi connectivity index (χ3v) is 19.5. The third kappa shape index (κ3) is 4.16. The molecule has 8 bridgehead atoms. The number of fused-ring (bicyclic) bond motifs is 9. The normalized spacial score (nSPS) is 31.5. The van der Waals surface area contributed by atoms with Gasteiger partial charge in [0.2, 0.25) is 0 Å². The molecule has 6 aromatic carbocycles. The zero-order valence-corrected chi connectivity index (χ0v) is 35.1. The van der Waals surface area contributed by atoms with Crippen LogP contribution in [0.3, 0.4) is 0 Å². The standard InChI is InChI=1S/C56H49BN2S/c1-2-7-38(8-3-1)39-21-43-45-25-41(56-29-35-18-36(30-56)20-37(19-35)31-56)24-44-42-23-40(55-26-32-15-33(27-55)17-34(16-32)28-55)13-14-47(42)59(53(44)45)57-46-9-6-12-51-54(46)58(49(22-39)52(43)57)48-10-4-5-11-50(48)60-51/h1-14,21-25,32-37H,15-20,26-31H2. The Bertz CT molecular complexity index is 2990. The lowest BCUT2D eigenvalue weighted by molar-refractivity contribution is -0.00527. The van der Waals surface area contributed by atoms with Gasteiger partial charge < -0.3 is 9.38 Å². The van der Waals surface area contributed by atoms with Crippen LogP contribution >= 0.6 is 11.8 Å². The van der Waals surface area contributed by atoms with Crippen molar-refractivity contribution in [3.63, 3.8) is 0 Å². The zero-order chi connectivity index (χ0) is 38.6. The Balaban J connectivity index is 1.03. The van der Waals surface area contributed by atoms with Gasteiger partial charge in [-0.15, -0.1) is 0 Å². The van der Waals surface area contributed by atoms with E-state index >= 15 is 0 Å². The summed E-state index contributed by atoms with van der Waals surface area (Å²) in [5, 5.41) is 3.06. The van der Waals surface area contributed by atoms with Crippen LogP contribution in [0.2, 0.25) is 0 Å². The molecule has 4 heteroatoms. The largest absolute Gasteiger partial charge is 0.375 e. The minimum atomic E-state index is 0.0974. The van der Waals surface area contributed by atoms with Crippen molar-refractivity contribution in [1.82, 2.24) is 4.48 Å². The molecule has 7 aromatic rings. The quantitative estimate of drug-likeness (QED) is 0.165. The van der Waals surface area contributed by atoms with E-state index in [0.29, 0.717) is 10.8 Å². The van der Waals surface area contributed by atoms with Crippen LogP contribution in [-0.4, -0.2) is 11.3 Å². The van der Waals surface area contributed by atoms with Gasteiger partial charge in [0.25, 0.3) is 0 Å². The Morgan fingerprint density at radius 1 is 0.500 bits per heavy atom. The zero-order valence-electron chi connectivity index (χ0n) is 34.3. The maximum absolute atomic E-state index is 2.86. The van der Waals surface area contributed by atoms with Crippen molar-refractivity contribution < 1.29 is 0 Å². The fourth-order valence-electron chi connectivity index (χ4n) is 17.1. The van der Waals surface area contributed by atoms with Crippen molar-refractivity contribution >= 4 is 68.4 Å². The molecule has 1 aromatic heterocycles. The highest BCUT2D eigenvalue weighted by Crippen LogP contribution is 2.64. The van der Waals surface area contributed by atoms with Crippen LogP contribution in [0, 0.1) is 35.5 Å². The molecule has 0 N–H and O–H groups in total. The Morgan fingerprint density at radius 3 is 1.85 bits per heavy atom. The molecule has 0 atom stereocenters. The molecule has 0 radical (unpaired) electrons. The summed E-state index contributed by atoms with van der Waals surface area (Å²) in [6.07, 6.45) is 17.3. The summed E-state index contributed by atoms with van der Waals surface area (Å²) in [4.78, 5) is 5.37. The van der Waals surface area contributed by atoms with Crippen molar-refractivity contribution in [2.45, 2.75) is 97.7 Å². The fourth-order valence-corrected chi connectivity index (χ4v) is 18.2. The molecule has 3 aliphatic heterocycles. The van der Waals surface area contributed by atoms with Gasteiger partial charge in [0.15, 0.2) is 0 Å². The molecule has 11 aliphatic rings. The van der Waals surface area contributed by atoms with E-state index < -0.39 is 0 Å². The summed E-state index contributed by atoms with van der Waals surface area (Å²) in [5.74, 6) is 5.55. The van der Waals surface area contributed by atoms with E-state index in [1.807, 2.05) is 11.8 Å². The van der Waals surface area contributed by atoms with Gasteiger partial charge in [-0.1, -0.05) is 72.4 Å². The van der Waals surface area contributed by atoms with Gasteiger partial charge in [-0.25, -0.2) is 0 Å². The van der Waals surface area contributed by atoms with Crippen molar-refractivity contribution in [1.29, 1.82) is 0 Å². The van der Waals surface area contributed by atoms with Gasteiger partial charge in [-0.05, 0) is 217 Å². The van der Waals surface area contributed by atoms with Gasteiger partial charge in [-0.3, -0.25) is 0 Å². The van der Waals surface area contributed by atoms with E-state index in [0.717, 1.165) is 35.5 Å². The molecule has 0 saturated heterocycles. The van der Waals surface area contributed by atoms with Crippen LogP contribution in [0.4, 0.5) is 17.1 Å². The second-order valence-corrected chi connectivity index (χ2v) is 22.8. The summed E-state index contributed by atoms with van der Waals surface area (Å²) in [6.45, 7) is 0.0974. The summed E-state index contributed by atoms with van der Waals surface area (Å²) in [6, 6.07) is 46.3. The number of para-hydroxylation sites is 2. The molecule has 8 fully saturated rings. The van der Waals surface area contributed by atoms with E-state index in [9.17, 15) is 0 Å². The van der Waals surface area contributed by atoms with Crippen molar-refractivity contribution in [3.05, 3.63) is 126 Å². The highest BCUT2D eigenvalue weighted by Gasteiger charge is 2.54. The van der Waals surface area contributed by atoms with Gasteiger partial charge in [0, 0.05) is 42.8 Å². The third-order valence-electron chi connectivity index (χ3n) is 18.4. The second-order valence-electron chi connectivity index (χ2n) is 21.7. The minimum absolute atomic E-state index is 0.0974. The van der Waals surface area contributed by atoms with Gasteiger partial charge in [-0.2, -0.15) is 0 Å². The second kappa shape index (κ2) is 11.2. The molecule has 0 unspecified atom stereocenters. The molecule has 8 saturated carbocycles. The first kappa shape index (κ1) is 33.0. The maximum atomic E-state index is 2.86. The smallest absolute Gasteiger partial charge is 0.333 e. The Hall–Kier alpha value is -4.67. The Kier molecular flexibility index (Phi) is 6.18. The molecule has 0 amide bonds. The average molecular weight is 793 g/mol. The molecular weight excluding hydrogens is 744 g/mol. The number of rotatable bonds is 3. The van der Waals surface area contributed by atoms with E-state index in [2.05, 4.69) is 125 Å².